The molecule has 0 spiro atoms. The van der Waals surface area contributed by atoms with E-state index in [9.17, 15) is 18.0 Å². The average molecular weight is 395 g/mol. The summed E-state index contributed by atoms with van der Waals surface area (Å²) in [6.07, 6.45) is -3.23. The Morgan fingerprint density at radius 2 is 1.96 bits per heavy atom. The maximum absolute atomic E-state index is 13.1. The monoisotopic (exact) mass is 394 g/mol. The third-order valence-corrected chi connectivity index (χ3v) is 4.81. The lowest BCUT2D eigenvalue weighted by Gasteiger charge is -2.38. The summed E-state index contributed by atoms with van der Waals surface area (Å²) in [5, 5.41) is 5.86. The van der Waals surface area contributed by atoms with Crippen molar-refractivity contribution in [3.05, 3.63) is 35.4 Å². The molecule has 26 heavy (non-hydrogen) atoms. The fraction of sp³-hybridized carbons (Fsp3) is 0.611. The lowest BCUT2D eigenvalue weighted by Crippen LogP contribution is -2.46. The summed E-state index contributed by atoms with van der Waals surface area (Å²) in [5.74, 6) is -0.310. The first-order valence-electron chi connectivity index (χ1n) is 8.46. The Kier molecular flexibility index (Phi) is 8.37. The molecule has 1 fully saturated rings. The molecule has 0 aromatic heterocycles. The number of hydrogen-bond donors (Lipinski definition) is 2. The Morgan fingerprint density at radius 3 is 2.54 bits per heavy atom. The van der Waals surface area contributed by atoms with Gasteiger partial charge in [0.25, 0.3) is 0 Å². The summed E-state index contributed by atoms with van der Waals surface area (Å²) < 4.78 is 44.6. The van der Waals surface area contributed by atoms with E-state index < -0.39 is 17.2 Å². The molecule has 1 aliphatic rings. The van der Waals surface area contributed by atoms with Crippen LogP contribution in [0.25, 0.3) is 0 Å². The molecule has 1 atom stereocenters. The predicted molar refractivity (Wildman–Crippen MR) is 96.5 cm³/mol. The second kappa shape index (κ2) is 9.58. The minimum Gasteiger partial charge on any atom is -0.381 e. The van der Waals surface area contributed by atoms with Crippen LogP contribution in [-0.4, -0.2) is 39.3 Å². The highest BCUT2D eigenvalue weighted by Gasteiger charge is 2.37. The predicted octanol–water partition coefficient (Wildman–Crippen LogP) is 3.15. The number of alkyl halides is 3. The van der Waals surface area contributed by atoms with Gasteiger partial charge in [-0.2, -0.15) is 13.2 Å². The molecule has 1 heterocycles. The molecule has 0 bridgehead atoms. The van der Waals surface area contributed by atoms with Crippen LogP contribution in [0.15, 0.2) is 24.3 Å². The highest BCUT2D eigenvalue weighted by Crippen LogP contribution is 2.37. The summed E-state index contributed by atoms with van der Waals surface area (Å²) >= 11 is 0. The second-order valence-corrected chi connectivity index (χ2v) is 6.65. The maximum Gasteiger partial charge on any atom is 0.416 e. The largest absolute Gasteiger partial charge is 0.416 e. The number of ether oxygens (including phenoxy) is 1. The van der Waals surface area contributed by atoms with Gasteiger partial charge in [0, 0.05) is 37.6 Å². The van der Waals surface area contributed by atoms with Crippen molar-refractivity contribution in [2.24, 2.45) is 5.92 Å². The number of hydrogen-bond acceptors (Lipinski definition) is 3. The average Bonchev–Trinajstić information content (AvgIpc) is 2.60. The van der Waals surface area contributed by atoms with Crippen LogP contribution < -0.4 is 10.6 Å². The van der Waals surface area contributed by atoms with Gasteiger partial charge >= 0.3 is 6.18 Å². The van der Waals surface area contributed by atoms with Crippen molar-refractivity contribution in [3.63, 3.8) is 0 Å². The third-order valence-electron chi connectivity index (χ3n) is 4.81. The maximum atomic E-state index is 13.1. The summed E-state index contributed by atoms with van der Waals surface area (Å²) in [6, 6.07) is 5.42. The van der Waals surface area contributed by atoms with Gasteiger partial charge < -0.3 is 15.4 Å². The molecule has 1 saturated heterocycles. The lowest BCUT2D eigenvalue weighted by molar-refractivity contribution is -0.137. The molecule has 1 aliphatic heterocycles. The van der Waals surface area contributed by atoms with E-state index in [0.717, 1.165) is 6.07 Å². The van der Waals surface area contributed by atoms with Crippen molar-refractivity contribution < 1.29 is 22.7 Å². The molecule has 4 nitrogen and oxygen atoms in total. The fourth-order valence-electron chi connectivity index (χ4n) is 3.18. The van der Waals surface area contributed by atoms with Gasteiger partial charge in [0.15, 0.2) is 0 Å². The van der Waals surface area contributed by atoms with Gasteiger partial charge in [-0.25, -0.2) is 0 Å². The summed E-state index contributed by atoms with van der Waals surface area (Å²) in [6.45, 7) is 3.61. The zero-order valence-corrected chi connectivity index (χ0v) is 15.8. The molecule has 0 aliphatic carbocycles. The first-order chi connectivity index (χ1) is 11.8. The summed E-state index contributed by atoms with van der Waals surface area (Å²) in [4.78, 5) is 12.2. The Bertz CT molecular complexity index is 590. The zero-order chi connectivity index (χ0) is 18.5. The normalized spacial score (nSPS) is 17.9. The molecule has 148 valence electrons. The van der Waals surface area contributed by atoms with Crippen LogP contribution in [0.3, 0.4) is 0 Å². The number of amides is 1. The van der Waals surface area contributed by atoms with Gasteiger partial charge in [-0.1, -0.05) is 25.1 Å². The highest BCUT2D eigenvalue weighted by atomic mass is 35.5. The minimum absolute atomic E-state index is 0. The molecule has 0 saturated carbocycles. The molecule has 0 radical (unpaired) electrons. The summed E-state index contributed by atoms with van der Waals surface area (Å²) in [5.41, 5.74) is -0.591. The number of carbonyl (C=O) groups is 1. The van der Waals surface area contributed by atoms with Crippen LogP contribution in [0.2, 0.25) is 0 Å². The Labute approximate surface area is 158 Å². The molecular weight excluding hydrogens is 369 g/mol. The van der Waals surface area contributed by atoms with Gasteiger partial charge in [0.2, 0.25) is 5.91 Å². The van der Waals surface area contributed by atoms with E-state index in [-0.39, 0.29) is 24.2 Å². The van der Waals surface area contributed by atoms with Gasteiger partial charge in [0.05, 0.1) is 5.56 Å². The zero-order valence-electron chi connectivity index (χ0n) is 15.0. The van der Waals surface area contributed by atoms with Crippen LogP contribution in [0.5, 0.6) is 0 Å². The van der Waals surface area contributed by atoms with E-state index in [2.05, 4.69) is 10.6 Å². The lowest BCUT2D eigenvalue weighted by atomic mass is 9.73. The molecule has 1 unspecified atom stereocenters. The molecule has 1 amide bonds. The van der Waals surface area contributed by atoms with Crippen molar-refractivity contribution in [1.82, 2.24) is 10.6 Å². The van der Waals surface area contributed by atoms with Crippen LogP contribution in [0, 0.1) is 5.92 Å². The Hall–Kier alpha value is -1.31. The second-order valence-electron chi connectivity index (χ2n) is 6.65. The summed E-state index contributed by atoms with van der Waals surface area (Å²) in [7, 11) is 1.77. The highest BCUT2D eigenvalue weighted by molar-refractivity contribution is 5.85. The number of carbonyl (C=O) groups excluding carboxylic acids is 1. The molecule has 1 aromatic carbocycles. The van der Waals surface area contributed by atoms with E-state index in [0.29, 0.717) is 44.7 Å². The van der Waals surface area contributed by atoms with Crippen molar-refractivity contribution in [3.8, 4) is 0 Å². The van der Waals surface area contributed by atoms with E-state index in [1.54, 1.807) is 13.1 Å². The molecule has 1 aromatic rings. The van der Waals surface area contributed by atoms with Crippen molar-refractivity contribution in [1.29, 1.82) is 0 Å². The van der Waals surface area contributed by atoms with Crippen molar-refractivity contribution in [2.75, 3.05) is 33.4 Å². The fourth-order valence-corrected chi connectivity index (χ4v) is 3.18. The van der Waals surface area contributed by atoms with E-state index >= 15 is 0 Å². The molecule has 8 heteroatoms. The number of benzene rings is 1. The van der Waals surface area contributed by atoms with Crippen LogP contribution >= 0.6 is 12.4 Å². The Morgan fingerprint density at radius 1 is 1.31 bits per heavy atom. The van der Waals surface area contributed by atoms with Crippen LogP contribution in [0.1, 0.15) is 30.9 Å². The third kappa shape index (κ3) is 5.59. The number of nitrogens with one attached hydrogen (secondary N) is 2. The SMILES string of the molecule is CNCC(C)C(=O)NCC1(c2cccc(C(F)(F)F)c2)CCOCC1.Cl. The van der Waals surface area contributed by atoms with E-state index in [1.165, 1.54) is 12.1 Å². The van der Waals surface area contributed by atoms with Gasteiger partial charge in [-0.3, -0.25) is 4.79 Å². The standard InChI is InChI=1S/C18H25F3N2O2.ClH/c1-13(11-22-2)16(24)23-12-17(6-8-25-9-7-17)14-4-3-5-15(10-14)18(19,20)21;/h3-5,10,13,22H,6-9,11-12H2,1-2H3,(H,23,24);1H. The number of rotatable bonds is 6. The first kappa shape index (κ1) is 22.7. The molecule has 2 rings (SSSR count). The molecular formula is C18H26ClF3N2O2. The van der Waals surface area contributed by atoms with Gasteiger partial charge in [-0.05, 0) is 31.5 Å². The van der Waals surface area contributed by atoms with Crippen LogP contribution in [-0.2, 0) is 21.1 Å². The minimum atomic E-state index is -4.38. The topological polar surface area (TPSA) is 50.4 Å². The van der Waals surface area contributed by atoms with E-state index in [4.69, 9.17) is 4.74 Å². The smallest absolute Gasteiger partial charge is 0.381 e. The van der Waals surface area contributed by atoms with Gasteiger partial charge in [-0.15, -0.1) is 12.4 Å². The quantitative estimate of drug-likeness (QED) is 0.779. The molecule has 2 N–H and O–H groups in total. The van der Waals surface area contributed by atoms with E-state index in [1.807, 2.05) is 6.92 Å². The Balaban J connectivity index is 0.00000338. The van der Waals surface area contributed by atoms with Crippen molar-refractivity contribution >= 4 is 18.3 Å². The first-order valence-corrected chi connectivity index (χ1v) is 8.46. The van der Waals surface area contributed by atoms with Crippen LogP contribution in [0.4, 0.5) is 13.2 Å². The van der Waals surface area contributed by atoms with Gasteiger partial charge in [0.1, 0.15) is 0 Å². The number of halogens is 4. The van der Waals surface area contributed by atoms with Crippen molar-refractivity contribution in [2.45, 2.75) is 31.4 Å².